The summed E-state index contributed by atoms with van der Waals surface area (Å²) in [6.45, 7) is 4.96. The van der Waals surface area contributed by atoms with E-state index in [0.717, 1.165) is 6.42 Å². The number of nitrogens with two attached hydrogens (primary N) is 1. The van der Waals surface area contributed by atoms with Gasteiger partial charge in [0.05, 0.1) is 19.8 Å². The third-order valence-corrected chi connectivity index (χ3v) is 4.26. The third kappa shape index (κ3) is 3.67. The second kappa shape index (κ2) is 7.52. The lowest BCUT2D eigenvalue weighted by molar-refractivity contribution is 0.0322. The Morgan fingerprint density at radius 2 is 2.38 bits per heavy atom. The Kier molecular flexibility index (Phi) is 5.17. The normalized spacial score (nSPS) is 19.8. The van der Waals surface area contributed by atoms with Crippen LogP contribution in [0.2, 0.25) is 0 Å². The van der Waals surface area contributed by atoms with Crippen molar-refractivity contribution in [1.82, 2.24) is 14.8 Å². The number of anilines is 2. The summed E-state index contributed by atoms with van der Waals surface area (Å²) in [4.78, 5) is 15.4. The van der Waals surface area contributed by atoms with Crippen molar-refractivity contribution in [3.63, 3.8) is 0 Å². The van der Waals surface area contributed by atoms with Crippen molar-refractivity contribution in [3.05, 3.63) is 42.5 Å². The maximum absolute atomic E-state index is 13.6. The molecule has 3 rings (SSSR count). The molecule has 2 aromatic heterocycles. The van der Waals surface area contributed by atoms with Crippen molar-refractivity contribution < 1.29 is 18.7 Å². The van der Waals surface area contributed by atoms with E-state index in [1.165, 1.54) is 19.2 Å². The van der Waals surface area contributed by atoms with E-state index < -0.39 is 11.9 Å². The van der Waals surface area contributed by atoms with E-state index in [9.17, 15) is 9.18 Å². The highest BCUT2D eigenvalue weighted by Gasteiger charge is 2.27. The maximum Gasteiger partial charge on any atom is 0.254 e. The van der Waals surface area contributed by atoms with Crippen LogP contribution in [-0.4, -0.2) is 41.0 Å². The van der Waals surface area contributed by atoms with Gasteiger partial charge in [-0.1, -0.05) is 6.08 Å². The molecule has 2 atom stereocenters. The summed E-state index contributed by atoms with van der Waals surface area (Å²) in [5, 5.41) is 7.33. The first-order valence-corrected chi connectivity index (χ1v) is 8.09. The average molecular weight is 361 g/mol. The summed E-state index contributed by atoms with van der Waals surface area (Å²) in [5.41, 5.74) is 5.99. The van der Waals surface area contributed by atoms with Gasteiger partial charge in [-0.2, -0.15) is 14.5 Å². The number of aromatic nitrogens is 3. The summed E-state index contributed by atoms with van der Waals surface area (Å²) in [5.74, 6) is -0.888. The van der Waals surface area contributed by atoms with Crippen molar-refractivity contribution in [2.24, 2.45) is 11.7 Å². The van der Waals surface area contributed by atoms with Gasteiger partial charge in [-0.05, 0) is 6.42 Å². The molecule has 1 saturated heterocycles. The molecule has 0 bridgehead atoms. The molecule has 8 nitrogen and oxygen atoms in total. The number of hydrogen-bond donors (Lipinski definition) is 2. The van der Waals surface area contributed by atoms with E-state index in [1.54, 1.807) is 10.9 Å². The minimum atomic E-state index is -0.723. The Morgan fingerprint density at radius 3 is 3.08 bits per heavy atom. The first kappa shape index (κ1) is 17.9. The van der Waals surface area contributed by atoms with Gasteiger partial charge < -0.3 is 20.5 Å². The molecule has 9 heteroatoms. The molecular formula is C17H20FN5O3. The Labute approximate surface area is 149 Å². The van der Waals surface area contributed by atoms with Gasteiger partial charge in [-0.15, -0.1) is 6.58 Å². The molecule has 0 unspecified atom stereocenters. The highest BCUT2D eigenvalue weighted by atomic mass is 19.1. The number of nitrogens with one attached hydrogen (secondary N) is 1. The quantitative estimate of drug-likeness (QED) is 0.603. The summed E-state index contributed by atoms with van der Waals surface area (Å²) in [6.07, 6.45) is 4.24. The van der Waals surface area contributed by atoms with E-state index >= 15 is 0 Å². The van der Waals surface area contributed by atoms with Crippen LogP contribution in [0, 0.1) is 11.9 Å². The fourth-order valence-electron chi connectivity index (χ4n) is 2.91. The first-order chi connectivity index (χ1) is 12.5. The van der Waals surface area contributed by atoms with Gasteiger partial charge in [0.1, 0.15) is 5.56 Å². The molecule has 1 aliphatic heterocycles. The summed E-state index contributed by atoms with van der Waals surface area (Å²) in [6, 6.07) is 2.56. The third-order valence-electron chi connectivity index (χ3n) is 4.26. The molecule has 0 saturated carbocycles. The number of hydrogen-bond acceptors (Lipinski definition) is 6. The zero-order valence-corrected chi connectivity index (χ0v) is 14.3. The van der Waals surface area contributed by atoms with Gasteiger partial charge >= 0.3 is 0 Å². The van der Waals surface area contributed by atoms with Crippen molar-refractivity contribution in [3.8, 4) is 5.88 Å². The molecule has 1 fully saturated rings. The Morgan fingerprint density at radius 1 is 1.58 bits per heavy atom. The van der Waals surface area contributed by atoms with Crippen LogP contribution < -0.4 is 15.8 Å². The molecular weight excluding hydrogens is 341 g/mol. The number of allylic oxidation sites excluding steroid dienone is 1. The van der Waals surface area contributed by atoms with Crippen molar-refractivity contribution in [2.45, 2.75) is 12.5 Å². The highest BCUT2D eigenvalue weighted by Crippen LogP contribution is 2.30. The number of amides is 1. The van der Waals surface area contributed by atoms with Crippen LogP contribution in [0.1, 0.15) is 22.8 Å². The minimum Gasteiger partial charge on any atom is -0.481 e. The smallest absolute Gasteiger partial charge is 0.254 e. The Balaban J connectivity index is 1.94. The molecule has 2 aromatic rings. The summed E-state index contributed by atoms with van der Waals surface area (Å²) >= 11 is 0. The number of nitrogens with zero attached hydrogens (tertiary/aromatic N) is 3. The van der Waals surface area contributed by atoms with E-state index in [4.69, 9.17) is 15.2 Å². The SMILES string of the molecule is C=C[C@H]1CCOC[C@@H]1n1cc(C(N)=O)c(Nc2cc(F)nc(OC)c2)n1. The Bertz CT molecular complexity index is 823. The van der Waals surface area contributed by atoms with E-state index in [-0.39, 0.29) is 29.2 Å². The summed E-state index contributed by atoms with van der Waals surface area (Å²) < 4.78 is 25.7. The lowest BCUT2D eigenvalue weighted by Crippen LogP contribution is -2.29. The van der Waals surface area contributed by atoms with Crippen molar-refractivity contribution >= 4 is 17.4 Å². The number of ether oxygens (including phenoxy) is 2. The lowest BCUT2D eigenvalue weighted by Gasteiger charge is -2.29. The fourth-order valence-corrected chi connectivity index (χ4v) is 2.91. The van der Waals surface area contributed by atoms with Gasteiger partial charge in [0.2, 0.25) is 11.8 Å². The Hall–Kier alpha value is -2.94. The van der Waals surface area contributed by atoms with E-state index in [0.29, 0.717) is 18.9 Å². The molecule has 138 valence electrons. The molecule has 0 aliphatic carbocycles. The monoisotopic (exact) mass is 361 g/mol. The van der Waals surface area contributed by atoms with Crippen LogP contribution in [0.25, 0.3) is 0 Å². The second-order valence-corrected chi connectivity index (χ2v) is 5.91. The number of primary amides is 1. The molecule has 3 N–H and O–H groups in total. The van der Waals surface area contributed by atoms with Gasteiger partial charge in [0, 0.05) is 36.5 Å². The van der Waals surface area contributed by atoms with E-state index in [1.807, 2.05) is 6.08 Å². The predicted octanol–water partition coefficient (Wildman–Crippen LogP) is 2.03. The van der Waals surface area contributed by atoms with Crippen LogP contribution in [0.3, 0.4) is 0 Å². The molecule has 0 spiro atoms. The van der Waals surface area contributed by atoms with Crippen LogP contribution in [0.4, 0.5) is 15.9 Å². The topological polar surface area (TPSA) is 104 Å². The van der Waals surface area contributed by atoms with Crippen molar-refractivity contribution in [1.29, 1.82) is 0 Å². The molecule has 26 heavy (non-hydrogen) atoms. The molecule has 1 amide bonds. The van der Waals surface area contributed by atoms with Crippen molar-refractivity contribution in [2.75, 3.05) is 25.6 Å². The number of carbonyl (C=O) groups is 1. The van der Waals surface area contributed by atoms with Crippen LogP contribution >= 0.6 is 0 Å². The number of carbonyl (C=O) groups excluding carboxylic acids is 1. The first-order valence-electron chi connectivity index (χ1n) is 8.09. The standard InChI is InChI=1S/C17H20FN5O3/c1-3-10-4-5-26-9-13(10)23-8-12(16(19)24)17(22-23)20-11-6-14(18)21-15(7-11)25-2/h3,6-8,10,13H,1,4-5,9H2,2H3,(H2,19,24)(H,20,21,22)/t10-,13-/m0/s1. The maximum atomic E-state index is 13.6. The minimum absolute atomic E-state index is 0.0972. The van der Waals surface area contributed by atoms with E-state index in [2.05, 4.69) is 22.0 Å². The molecule has 1 aliphatic rings. The molecule has 0 radical (unpaired) electrons. The molecule has 0 aromatic carbocycles. The number of halogens is 1. The predicted molar refractivity (Wildman–Crippen MR) is 92.9 cm³/mol. The highest BCUT2D eigenvalue weighted by molar-refractivity contribution is 5.98. The zero-order valence-electron chi connectivity index (χ0n) is 14.3. The second-order valence-electron chi connectivity index (χ2n) is 5.91. The van der Waals surface area contributed by atoms with Gasteiger partial charge in [0.15, 0.2) is 5.82 Å². The van der Waals surface area contributed by atoms with Gasteiger partial charge in [-0.25, -0.2) is 0 Å². The number of rotatable bonds is 6. The van der Waals surface area contributed by atoms with Gasteiger partial charge in [-0.3, -0.25) is 9.48 Å². The summed E-state index contributed by atoms with van der Waals surface area (Å²) in [7, 11) is 1.38. The average Bonchev–Trinajstić information content (AvgIpc) is 3.05. The van der Waals surface area contributed by atoms with Crippen LogP contribution in [-0.2, 0) is 4.74 Å². The van der Waals surface area contributed by atoms with Gasteiger partial charge in [0.25, 0.3) is 5.91 Å². The fraction of sp³-hybridized carbons (Fsp3) is 0.353. The van der Waals surface area contributed by atoms with Crippen LogP contribution in [0.5, 0.6) is 5.88 Å². The zero-order chi connectivity index (χ0) is 18.7. The largest absolute Gasteiger partial charge is 0.481 e. The van der Waals surface area contributed by atoms with Crippen LogP contribution in [0.15, 0.2) is 31.0 Å². The molecule has 3 heterocycles. The number of pyridine rings is 1. The number of methoxy groups -OCH3 is 1. The lowest BCUT2D eigenvalue weighted by atomic mass is 9.95.